The topological polar surface area (TPSA) is 150 Å². The third-order valence-corrected chi connectivity index (χ3v) is 3.71. The Hall–Kier alpha value is -4.41. The van der Waals surface area contributed by atoms with E-state index in [1.807, 2.05) is 18.2 Å². The van der Waals surface area contributed by atoms with E-state index in [1.54, 1.807) is 36.7 Å². The van der Waals surface area contributed by atoms with Crippen molar-refractivity contribution in [1.82, 2.24) is 35.7 Å². The molecule has 0 spiro atoms. The number of aromatic nitrogens is 6. The summed E-state index contributed by atoms with van der Waals surface area (Å²) in [5, 5.41) is 19.2. The molecule has 138 valence electrons. The summed E-state index contributed by atoms with van der Waals surface area (Å²) in [6.07, 6.45) is 4.74. The van der Waals surface area contributed by atoms with Gasteiger partial charge in [-0.05, 0) is 28.0 Å². The summed E-state index contributed by atoms with van der Waals surface area (Å²) in [5.41, 5.74) is 10.1. The van der Waals surface area contributed by atoms with Crippen LogP contribution in [0, 0.1) is 0 Å². The average molecular weight is 375 g/mol. The zero-order valence-electron chi connectivity index (χ0n) is 14.3. The standard InChI is InChI=1S/C17H13N9O2/c18-15-16(24-28-23-15)26-14(12-4-2-1-3-5-12)13(21-25-26)17(27)22-20-10-11-6-8-19-9-7-11/h1-10H,(H2,18,23)(H,22,27)/b20-10+. The largest absolute Gasteiger partial charge is 0.378 e. The SMILES string of the molecule is Nc1nonc1-n1nnc(C(=O)N/N=C/c2ccncc2)c1-c1ccccc1. The number of anilines is 1. The summed E-state index contributed by atoms with van der Waals surface area (Å²) in [7, 11) is 0. The molecule has 11 nitrogen and oxygen atoms in total. The van der Waals surface area contributed by atoms with Crippen molar-refractivity contribution in [2.45, 2.75) is 0 Å². The van der Waals surface area contributed by atoms with Gasteiger partial charge in [-0.2, -0.15) is 9.78 Å². The molecule has 0 aliphatic carbocycles. The lowest BCUT2D eigenvalue weighted by Gasteiger charge is -2.05. The fourth-order valence-corrected chi connectivity index (χ4v) is 2.44. The first-order chi connectivity index (χ1) is 13.7. The maximum atomic E-state index is 12.7. The summed E-state index contributed by atoms with van der Waals surface area (Å²) < 4.78 is 5.93. The van der Waals surface area contributed by atoms with Gasteiger partial charge in [0.25, 0.3) is 5.91 Å². The molecule has 0 aliphatic heterocycles. The highest BCUT2D eigenvalue weighted by Crippen LogP contribution is 2.26. The number of hydrogen-bond donors (Lipinski definition) is 2. The predicted octanol–water partition coefficient (Wildman–Crippen LogP) is 1.06. The van der Waals surface area contributed by atoms with E-state index in [1.165, 1.54) is 10.9 Å². The van der Waals surface area contributed by atoms with E-state index >= 15 is 0 Å². The number of nitrogens with two attached hydrogens (primary N) is 1. The predicted molar refractivity (Wildman–Crippen MR) is 98.4 cm³/mol. The van der Waals surface area contributed by atoms with Gasteiger partial charge in [0.05, 0.1) is 6.21 Å². The monoisotopic (exact) mass is 375 g/mol. The molecule has 0 fully saturated rings. The molecular formula is C17H13N9O2. The van der Waals surface area contributed by atoms with E-state index in [2.05, 4.69) is 40.8 Å². The Morgan fingerprint density at radius 1 is 1.14 bits per heavy atom. The zero-order chi connectivity index (χ0) is 19.3. The minimum Gasteiger partial charge on any atom is -0.378 e. The number of amides is 1. The van der Waals surface area contributed by atoms with Gasteiger partial charge in [0.2, 0.25) is 11.6 Å². The van der Waals surface area contributed by atoms with Crippen molar-refractivity contribution in [2.24, 2.45) is 5.10 Å². The third kappa shape index (κ3) is 3.31. The van der Waals surface area contributed by atoms with Crippen LogP contribution in [-0.4, -0.2) is 42.4 Å². The summed E-state index contributed by atoms with van der Waals surface area (Å²) in [5.74, 6) is -0.402. The van der Waals surface area contributed by atoms with Crippen molar-refractivity contribution in [3.63, 3.8) is 0 Å². The van der Waals surface area contributed by atoms with E-state index in [0.29, 0.717) is 11.3 Å². The Morgan fingerprint density at radius 3 is 2.64 bits per heavy atom. The number of benzene rings is 1. The first-order valence-electron chi connectivity index (χ1n) is 8.07. The van der Waals surface area contributed by atoms with Crippen molar-refractivity contribution in [2.75, 3.05) is 5.73 Å². The van der Waals surface area contributed by atoms with E-state index in [4.69, 9.17) is 5.73 Å². The van der Waals surface area contributed by atoms with Gasteiger partial charge in [-0.3, -0.25) is 9.78 Å². The molecule has 0 saturated carbocycles. The Labute approximate surface area is 157 Å². The first-order valence-corrected chi connectivity index (χ1v) is 8.07. The number of nitrogens with one attached hydrogen (secondary N) is 1. The summed E-state index contributed by atoms with van der Waals surface area (Å²) >= 11 is 0. The van der Waals surface area contributed by atoms with Crippen molar-refractivity contribution in [3.8, 4) is 17.1 Å². The van der Waals surface area contributed by atoms with Gasteiger partial charge in [0.15, 0.2) is 5.69 Å². The van der Waals surface area contributed by atoms with Crippen molar-refractivity contribution in [1.29, 1.82) is 0 Å². The minimum atomic E-state index is -0.551. The quantitative estimate of drug-likeness (QED) is 0.388. The van der Waals surface area contributed by atoms with Crippen LogP contribution in [0.5, 0.6) is 0 Å². The van der Waals surface area contributed by atoms with Gasteiger partial charge in [-0.15, -0.1) is 5.10 Å². The Kier molecular flexibility index (Phi) is 4.53. The normalized spacial score (nSPS) is 11.0. The molecule has 3 N–H and O–H groups in total. The molecule has 1 amide bonds. The maximum absolute atomic E-state index is 12.7. The number of pyridine rings is 1. The van der Waals surface area contributed by atoms with Crippen LogP contribution < -0.4 is 11.2 Å². The lowest BCUT2D eigenvalue weighted by molar-refractivity contribution is 0.0950. The molecule has 0 unspecified atom stereocenters. The molecule has 28 heavy (non-hydrogen) atoms. The van der Waals surface area contributed by atoms with Gasteiger partial charge in [0.1, 0.15) is 5.69 Å². The lowest BCUT2D eigenvalue weighted by atomic mass is 10.1. The summed E-state index contributed by atoms with van der Waals surface area (Å²) in [6, 6.07) is 12.6. The highest BCUT2D eigenvalue weighted by Gasteiger charge is 2.24. The molecule has 4 rings (SSSR count). The van der Waals surface area contributed by atoms with E-state index in [-0.39, 0.29) is 17.3 Å². The van der Waals surface area contributed by atoms with Crippen LogP contribution in [0.4, 0.5) is 5.82 Å². The number of hydrazone groups is 1. The number of nitrogen functional groups attached to an aromatic ring is 1. The fourth-order valence-electron chi connectivity index (χ4n) is 2.44. The number of rotatable bonds is 5. The Balaban J connectivity index is 1.69. The molecule has 1 aromatic carbocycles. The second-order valence-electron chi connectivity index (χ2n) is 5.52. The highest BCUT2D eigenvalue weighted by molar-refractivity contribution is 5.98. The minimum absolute atomic E-state index is 0.0183. The van der Waals surface area contributed by atoms with Crippen LogP contribution in [0.15, 0.2) is 64.6 Å². The van der Waals surface area contributed by atoms with Gasteiger partial charge in [-0.1, -0.05) is 35.5 Å². The van der Waals surface area contributed by atoms with Crippen LogP contribution in [0.2, 0.25) is 0 Å². The summed E-state index contributed by atoms with van der Waals surface area (Å²) in [6.45, 7) is 0. The van der Waals surface area contributed by atoms with E-state index in [0.717, 1.165) is 5.56 Å². The molecule has 0 aliphatic rings. The van der Waals surface area contributed by atoms with Crippen LogP contribution in [0.25, 0.3) is 17.1 Å². The van der Waals surface area contributed by atoms with Crippen LogP contribution >= 0.6 is 0 Å². The molecular weight excluding hydrogens is 362 g/mol. The molecule has 0 saturated heterocycles. The van der Waals surface area contributed by atoms with E-state index in [9.17, 15) is 4.79 Å². The van der Waals surface area contributed by atoms with Gasteiger partial charge < -0.3 is 5.73 Å². The second kappa shape index (κ2) is 7.45. The van der Waals surface area contributed by atoms with Crippen LogP contribution in [-0.2, 0) is 0 Å². The second-order valence-corrected chi connectivity index (χ2v) is 5.52. The van der Waals surface area contributed by atoms with Gasteiger partial charge in [-0.25, -0.2) is 10.1 Å². The number of carbonyl (C=O) groups is 1. The molecule has 0 bridgehead atoms. The summed E-state index contributed by atoms with van der Waals surface area (Å²) in [4.78, 5) is 16.6. The van der Waals surface area contributed by atoms with Crippen LogP contribution in [0.1, 0.15) is 16.1 Å². The Morgan fingerprint density at radius 2 is 1.93 bits per heavy atom. The maximum Gasteiger partial charge on any atom is 0.294 e. The van der Waals surface area contributed by atoms with Crippen molar-refractivity contribution >= 4 is 17.9 Å². The van der Waals surface area contributed by atoms with Gasteiger partial charge in [0, 0.05) is 18.0 Å². The smallest absolute Gasteiger partial charge is 0.294 e. The number of hydrogen-bond acceptors (Lipinski definition) is 9. The number of carbonyl (C=O) groups excluding carboxylic acids is 1. The molecule has 3 aromatic heterocycles. The van der Waals surface area contributed by atoms with Crippen molar-refractivity contribution < 1.29 is 9.42 Å². The van der Waals surface area contributed by atoms with Gasteiger partial charge >= 0.3 is 0 Å². The molecule has 3 heterocycles. The first kappa shape index (κ1) is 17.0. The molecule has 4 aromatic rings. The Bertz CT molecular complexity index is 1120. The number of nitrogens with zero attached hydrogens (tertiary/aromatic N) is 7. The molecule has 11 heteroatoms. The highest BCUT2D eigenvalue weighted by atomic mass is 16.6. The molecule has 0 radical (unpaired) electrons. The third-order valence-electron chi connectivity index (χ3n) is 3.71. The van der Waals surface area contributed by atoms with Crippen LogP contribution in [0.3, 0.4) is 0 Å². The lowest BCUT2D eigenvalue weighted by Crippen LogP contribution is -2.19. The molecule has 0 atom stereocenters. The van der Waals surface area contributed by atoms with E-state index < -0.39 is 5.91 Å². The fraction of sp³-hybridized carbons (Fsp3) is 0. The average Bonchev–Trinajstić information content (AvgIpc) is 3.35. The van der Waals surface area contributed by atoms with Crippen molar-refractivity contribution in [3.05, 3.63) is 66.1 Å². The zero-order valence-corrected chi connectivity index (χ0v) is 14.3.